The fourth-order valence-corrected chi connectivity index (χ4v) is 2.40. The van der Waals surface area contributed by atoms with Gasteiger partial charge in [-0.3, -0.25) is 4.79 Å². The zero-order valence-corrected chi connectivity index (χ0v) is 12.8. The Hall–Kier alpha value is -1.45. The molecule has 21 heavy (non-hydrogen) atoms. The molecule has 0 radical (unpaired) electrons. The molecule has 0 fully saturated rings. The van der Waals surface area contributed by atoms with E-state index in [4.69, 9.17) is 0 Å². The molecule has 112 valence electrons. The lowest BCUT2D eigenvalue weighted by molar-refractivity contribution is -0.137. The van der Waals surface area contributed by atoms with Crippen molar-refractivity contribution in [3.05, 3.63) is 49.2 Å². The van der Waals surface area contributed by atoms with Gasteiger partial charge in [-0.1, -0.05) is 6.92 Å². The van der Waals surface area contributed by atoms with Gasteiger partial charge in [0.2, 0.25) is 0 Å². The van der Waals surface area contributed by atoms with Crippen molar-refractivity contribution in [1.82, 2.24) is 9.97 Å². The van der Waals surface area contributed by atoms with Gasteiger partial charge in [0.1, 0.15) is 11.6 Å². The Morgan fingerprint density at radius 3 is 2.52 bits per heavy atom. The molecular formula is C13H9F4IN2O. The van der Waals surface area contributed by atoms with E-state index in [1.54, 1.807) is 29.5 Å². The van der Waals surface area contributed by atoms with E-state index in [-0.39, 0.29) is 11.4 Å². The molecule has 0 aliphatic carbocycles. The zero-order valence-electron chi connectivity index (χ0n) is 10.7. The third-order valence-corrected chi connectivity index (χ3v) is 3.88. The fourth-order valence-electron chi connectivity index (χ4n) is 1.77. The third kappa shape index (κ3) is 3.42. The second-order valence-corrected chi connectivity index (χ2v) is 5.33. The van der Waals surface area contributed by atoms with E-state index < -0.39 is 23.1 Å². The van der Waals surface area contributed by atoms with Crippen molar-refractivity contribution in [1.29, 1.82) is 0 Å². The van der Waals surface area contributed by atoms with Crippen molar-refractivity contribution < 1.29 is 17.6 Å². The first-order valence-corrected chi connectivity index (χ1v) is 6.97. The molecule has 3 nitrogen and oxygen atoms in total. The summed E-state index contributed by atoms with van der Waals surface area (Å²) < 4.78 is 51.8. The maximum Gasteiger partial charge on any atom is 0.416 e. The van der Waals surface area contributed by atoms with Gasteiger partial charge < -0.3 is 4.98 Å². The van der Waals surface area contributed by atoms with Gasteiger partial charge in [-0.05, 0) is 47.2 Å². The maximum atomic E-state index is 13.4. The summed E-state index contributed by atoms with van der Waals surface area (Å²) in [4.78, 5) is 18.2. The summed E-state index contributed by atoms with van der Waals surface area (Å²) in [5.41, 5.74) is -1.26. The third-order valence-electron chi connectivity index (χ3n) is 2.76. The lowest BCUT2D eigenvalue weighted by Crippen LogP contribution is -2.16. The number of rotatable bonds is 2. The molecule has 1 aromatic heterocycles. The van der Waals surface area contributed by atoms with Crippen LogP contribution in [0.5, 0.6) is 0 Å². The van der Waals surface area contributed by atoms with Gasteiger partial charge in [-0.25, -0.2) is 9.37 Å². The lowest BCUT2D eigenvalue weighted by atomic mass is 10.1. The zero-order chi connectivity index (χ0) is 15.8. The van der Waals surface area contributed by atoms with Gasteiger partial charge >= 0.3 is 6.18 Å². The molecule has 1 aromatic carbocycles. The number of aryl methyl sites for hydroxylation is 1. The van der Waals surface area contributed by atoms with Crippen LogP contribution in [0, 0.1) is 9.39 Å². The Bertz CT molecular complexity index is 740. The first kappa shape index (κ1) is 15.9. The van der Waals surface area contributed by atoms with Crippen molar-refractivity contribution in [2.45, 2.75) is 19.5 Å². The van der Waals surface area contributed by atoms with Gasteiger partial charge in [-0.2, -0.15) is 13.2 Å². The summed E-state index contributed by atoms with van der Waals surface area (Å²) in [5, 5.41) is 0. The Morgan fingerprint density at radius 2 is 1.95 bits per heavy atom. The van der Waals surface area contributed by atoms with Crippen LogP contribution in [-0.4, -0.2) is 9.97 Å². The van der Waals surface area contributed by atoms with Crippen LogP contribution in [0.25, 0.3) is 11.4 Å². The highest BCUT2D eigenvalue weighted by molar-refractivity contribution is 14.1. The first-order valence-electron chi connectivity index (χ1n) is 5.89. The summed E-state index contributed by atoms with van der Waals surface area (Å²) in [6, 6.07) is 2.06. The van der Waals surface area contributed by atoms with Crippen LogP contribution < -0.4 is 5.56 Å². The van der Waals surface area contributed by atoms with Gasteiger partial charge in [0.15, 0.2) is 0 Å². The average molecular weight is 412 g/mol. The summed E-state index contributed by atoms with van der Waals surface area (Å²) in [6.07, 6.45) is -4.23. The number of hydrogen-bond donors (Lipinski definition) is 1. The quantitative estimate of drug-likeness (QED) is 0.604. The number of alkyl halides is 3. The molecule has 2 aromatic rings. The monoisotopic (exact) mass is 412 g/mol. The second kappa shape index (κ2) is 5.74. The number of halogens is 5. The molecular weight excluding hydrogens is 403 g/mol. The van der Waals surface area contributed by atoms with Gasteiger partial charge in [0.05, 0.1) is 14.8 Å². The fraction of sp³-hybridized carbons (Fsp3) is 0.231. The highest BCUT2D eigenvalue weighted by atomic mass is 127. The number of H-pyrrole nitrogens is 1. The average Bonchev–Trinajstić information content (AvgIpc) is 2.40. The van der Waals surface area contributed by atoms with Crippen LogP contribution >= 0.6 is 22.6 Å². The van der Waals surface area contributed by atoms with E-state index in [0.717, 1.165) is 12.1 Å². The van der Waals surface area contributed by atoms with Crippen LogP contribution in [0.1, 0.15) is 18.2 Å². The molecule has 0 spiro atoms. The minimum atomic E-state index is -4.67. The van der Waals surface area contributed by atoms with Crippen molar-refractivity contribution >= 4 is 22.6 Å². The molecule has 2 rings (SSSR count). The van der Waals surface area contributed by atoms with Crippen LogP contribution in [0.2, 0.25) is 0 Å². The maximum absolute atomic E-state index is 13.4. The number of aromatic nitrogens is 2. The van der Waals surface area contributed by atoms with Crippen molar-refractivity contribution in [3.8, 4) is 11.4 Å². The Balaban J connectivity index is 2.65. The molecule has 0 saturated heterocycles. The smallest absolute Gasteiger partial charge is 0.306 e. The molecule has 1 N–H and O–H groups in total. The number of aromatic amines is 1. The SMILES string of the molecule is CCc1nc(-c2cc(F)cc(C(F)(F)F)c2)[nH]c(=O)c1I. The minimum Gasteiger partial charge on any atom is -0.306 e. The van der Waals surface area contributed by atoms with Crippen LogP contribution in [0.4, 0.5) is 17.6 Å². The molecule has 0 atom stereocenters. The summed E-state index contributed by atoms with van der Waals surface area (Å²) in [6.45, 7) is 1.76. The molecule has 0 saturated carbocycles. The van der Waals surface area contributed by atoms with E-state index in [9.17, 15) is 22.4 Å². The summed E-state index contributed by atoms with van der Waals surface area (Å²) >= 11 is 1.81. The first-order chi connectivity index (χ1) is 9.72. The Kier molecular flexibility index (Phi) is 4.35. The van der Waals surface area contributed by atoms with E-state index in [0.29, 0.717) is 21.8 Å². The van der Waals surface area contributed by atoms with Gasteiger partial charge in [0.25, 0.3) is 5.56 Å². The van der Waals surface area contributed by atoms with E-state index >= 15 is 0 Å². The molecule has 0 unspecified atom stereocenters. The highest BCUT2D eigenvalue weighted by Gasteiger charge is 2.31. The molecule has 0 aliphatic rings. The summed E-state index contributed by atoms with van der Waals surface area (Å²) in [7, 11) is 0. The van der Waals surface area contributed by atoms with Crippen molar-refractivity contribution in [2.24, 2.45) is 0 Å². The van der Waals surface area contributed by atoms with E-state index in [1.165, 1.54) is 0 Å². The molecule has 0 bridgehead atoms. The molecule has 1 heterocycles. The largest absolute Gasteiger partial charge is 0.416 e. The number of nitrogens with zero attached hydrogens (tertiary/aromatic N) is 1. The Labute approximate surface area is 130 Å². The predicted molar refractivity (Wildman–Crippen MR) is 77.3 cm³/mol. The molecule has 0 amide bonds. The van der Waals surface area contributed by atoms with Crippen LogP contribution in [-0.2, 0) is 12.6 Å². The summed E-state index contributed by atoms with van der Waals surface area (Å²) in [5.74, 6) is -1.12. The molecule has 0 aliphatic heterocycles. The topological polar surface area (TPSA) is 45.8 Å². The highest BCUT2D eigenvalue weighted by Crippen LogP contribution is 2.32. The predicted octanol–water partition coefficient (Wildman–Crippen LogP) is 3.76. The lowest BCUT2D eigenvalue weighted by Gasteiger charge is -2.10. The van der Waals surface area contributed by atoms with Gasteiger partial charge in [0, 0.05) is 5.56 Å². The number of nitrogens with one attached hydrogen (secondary N) is 1. The number of benzene rings is 1. The van der Waals surface area contributed by atoms with Gasteiger partial charge in [-0.15, -0.1) is 0 Å². The van der Waals surface area contributed by atoms with Crippen molar-refractivity contribution in [3.63, 3.8) is 0 Å². The van der Waals surface area contributed by atoms with E-state index in [2.05, 4.69) is 9.97 Å². The second-order valence-electron chi connectivity index (χ2n) is 4.26. The standard InChI is InChI=1S/C13H9F4IN2O/c1-2-9-10(18)12(21)20-11(19-9)6-3-7(13(15,16)17)5-8(14)4-6/h3-5H,2H2,1H3,(H,19,20,21). The van der Waals surface area contributed by atoms with Crippen molar-refractivity contribution in [2.75, 3.05) is 0 Å². The minimum absolute atomic E-state index is 0.0812. The van der Waals surface area contributed by atoms with E-state index in [1.807, 2.05) is 0 Å². The Morgan fingerprint density at radius 1 is 1.29 bits per heavy atom. The normalized spacial score (nSPS) is 11.7. The number of hydrogen-bond acceptors (Lipinski definition) is 2. The molecule has 8 heteroatoms. The van der Waals surface area contributed by atoms with Crippen LogP contribution in [0.3, 0.4) is 0 Å². The van der Waals surface area contributed by atoms with Crippen LogP contribution in [0.15, 0.2) is 23.0 Å².